The van der Waals surface area contributed by atoms with Gasteiger partial charge in [-0.1, -0.05) is 6.07 Å². The van der Waals surface area contributed by atoms with Gasteiger partial charge in [-0.25, -0.2) is 9.20 Å². The molecule has 3 nitrogen and oxygen atoms in total. The van der Waals surface area contributed by atoms with Crippen LogP contribution in [0.5, 0.6) is 0 Å². The highest BCUT2D eigenvalue weighted by molar-refractivity contribution is 7.94. The zero-order valence-corrected chi connectivity index (χ0v) is 9.54. The Bertz CT molecular complexity index is 612. The van der Waals surface area contributed by atoms with Crippen molar-refractivity contribution >= 4 is 27.0 Å². The second-order valence-electron chi connectivity index (χ2n) is 3.33. The van der Waals surface area contributed by atoms with Gasteiger partial charge in [0.15, 0.2) is 0 Å². The first-order chi connectivity index (χ1) is 6.49. The lowest BCUT2D eigenvalue weighted by molar-refractivity contribution is 0.680. The number of thiocarbonyl (C=S) groups is 1. The Morgan fingerprint density at radius 1 is 1.50 bits per heavy atom. The average Bonchev–Trinajstić information content (AvgIpc) is 2.00. The number of hydrogen-bond donors (Lipinski definition) is 1. The molecule has 0 bridgehead atoms. The summed E-state index contributed by atoms with van der Waals surface area (Å²) in [7, 11) is -2.24. The van der Waals surface area contributed by atoms with Crippen molar-refractivity contribution in [3.8, 4) is 0 Å². The van der Waals surface area contributed by atoms with Crippen LogP contribution in [0.2, 0.25) is 0 Å². The minimum absolute atomic E-state index is 0.301. The predicted octanol–water partition coefficient (Wildman–Crippen LogP) is 0.583. The molecule has 0 fully saturated rings. The zero-order valence-electron chi connectivity index (χ0n) is 7.90. The van der Waals surface area contributed by atoms with Gasteiger partial charge in [-0.15, -0.1) is 0 Å². The fourth-order valence-corrected chi connectivity index (χ4v) is 3.29. The van der Waals surface area contributed by atoms with E-state index in [9.17, 15) is 4.21 Å². The summed E-state index contributed by atoms with van der Waals surface area (Å²) in [6.07, 6.45) is 1.64. The summed E-state index contributed by atoms with van der Waals surface area (Å²) in [5.74, 6) is 0. The van der Waals surface area contributed by atoms with Crippen LogP contribution in [0.1, 0.15) is 5.56 Å². The van der Waals surface area contributed by atoms with Crippen molar-refractivity contribution in [3.05, 3.63) is 33.6 Å². The molecule has 1 N–H and O–H groups in total. The number of rotatable bonds is 0. The van der Waals surface area contributed by atoms with Gasteiger partial charge >= 0.3 is 0 Å². The molecule has 1 aliphatic heterocycles. The molecule has 2 rings (SSSR count). The van der Waals surface area contributed by atoms with E-state index in [4.69, 9.17) is 12.2 Å². The van der Waals surface area contributed by atoms with Crippen molar-refractivity contribution in [2.24, 2.45) is 4.99 Å². The van der Waals surface area contributed by atoms with Crippen molar-refractivity contribution in [1.29, 1.82) is 0 Å². The molecule has 14 heavy (non-hydrogen) atoms. The highest BCUT2D eigenvalue weighted by atomic mass is 32.2. The molecule has 1 heterocycles. The van der Waals surface area contributed by atoms with Gasteiger partial charge in [0.05, 0.1) is 19.6 Å². The SMILES string of the molecule is Cc1ccc2c(c1)=NC(=S)NS=2(C)=O. The quantitative estimate of drug-likeness (QED) is 0.658. The van der Waals surface area contributed by atoms with Crippen molar-refractivity contribution in [2.75, 3.05) is 6.26 Å². The van der Waals surface area contributed by atoms with Gasteiger partial charge in [0.25, 0.3) is 0 Å². The molecule has 0 saturated heterocycles. The number of nitrogens with zero attached hydrogens (tertiary/aromatic N) is 1. The lowest BCUT2D eigenvalue weighted by Gasteiger charge is -2.12. The molecule has 5 heteroatoms. The van der Waals surface area contributed by atoms with Gasteiger partial charge < -0.3 is 0 Å². The predicted molar refractivity (Wildman–Crippen MR) is 61.0 cm³/mol. The first-order valence-electron chi connectivity index (χ1n) is 4.12. The number of nitrogens with one attached hydrogen (secondary N) is 1. The van der Waals surface area contributed by atoms with Crippen molar-refractivity contribution < 1.29 is 4.21 Å². The van der Waals surface area contributed by atoms with E-state index in [2.05, 4.69) is 9.71 Å². The summed E-state index contributed by atoms with van der Waals surface area (Å²) in [5, 5.41) is 1.02. The molecule has 0 spiro atoms. The van der Waals surface area contributed by atoms with Crippen molar-refractivity contribution in [2.45, 2.75) is 6.92 Å². The zero-order chi connectivity index (χ0) is 10.3. The van der Waals surface area contributed by atoms with Crippen LogP contribution in [0.25, 0.3) is 0 Å². The molecular formula is C9H10N2OS2. The van der Waals surface area contributed by atoms with Gasteiger partial charge in [-0.2, -0.15) is 0 Å². The topological polar surface area (TPSA) is 41.5 Å². The molecule has 1 aromatic rings. The molecule has 0 aliphatic carbocycles. The molecule has 1 aliphatic rings. The second-order valence-corrected chi connectivity index (χ2v) is 6.05. The van der Waals surface area contributed by atoms with Gasteiger partial charge in [0.1, 0.15) is 0 Å². The van der Waals surface area contributed by atoms with Gasteiger partial charge in [0.2, 0.25) is 5.11 Å². The highest BCUT2D eigenvalue weighted by Gasteiger charge is 2.09. The van der Waals surface area contributed by atoms with Crippen LogP contribution in [-0.4, -0.2) is 15.6 Å². The third-order valence-corrected chi connectivity index (χ3v) is 4.13. The highest BCUT2D eigenvalue weighted by Crippen LogP contribution is 1.99. The van der Waals surface area contributed by atoms with Gasteiger partial charge in [-0.3, -0.25) is 4.72 Å². The van der Waals surface area contributed by atoms with Gasteiger partial charge in [-0.05, 0) is 36.8 Å². The molecule has 0 radical (unpaired) electrons. The number of fused-ring (bicyclic) bond motifs is 1. The smallest absolute Gasteiger partial charge is 0.204 e. The molecular weight excluding hydrogens is 216 g/mol. The molecule has 74 valence electrons. The van der Waals surface area contributed by atoms with Crippen LogP contribution in [0.3, 0.4) is 0 Å². The Balaban J connectivity index is 3.06. The summed E-state index contributed by atoms with van der Waals surface area (Å²) < 4.78 is 15.5. The maximum absolute atomic E-state index is 12.1. The molecule has 1 aromatic carbocycles. The van der Waals surface area contributed by atoms with Crippen LogP contribution in [-0.2, 0) is 9.71 Å². The largest absolute Gasteiger partial charge is 0.287 e. The molecule has 0 amide bonds. The van der Waals surface area contributed by atoms with Crippen LogP contribution >= 0.6 is 12.2 Å². The van der Waals surface area contributed by atoms with E-state index in [0.29, 0.717) is 5.11 Å². The van der Waals surface area contributed by atoms with Gasteiger partial charge in [0, 0.05) is 6.26 Å². The van der Waals surface area contributed by atoms with Crippen molar-refractivity contribution in [1.82, 2.24) is 4.72 Å². The minimum atomic E-state index is -2.24. The summed E-state index contributed by atoms with van der Waals surface area (Å²) >= 11 is 4.92. The van der Waals surface area contributed by atoms with Crippen LogP contribution in [0.15, 0.2) is 23.2 Å². The number of aryl methyl sites for hydroxylation is 1. The Morgan fingerprint density at radius 2 is 2.21 bits per heavy atom. The fraction of sp³-hybridized carbons (Fsp3) is 0.222. The summed E-state index contributed by atoms with van der Waals surface area (Å²) in [6.45, 7) is 1.97. The lowest BCUT2D eigenvalue weighted by Crippen LogP contribution is -2.34. The van der Waals surface area contributed by atoms with Crippen LogP contribution < -0.4 is 10.1 Å². The van der Waals surface area contributed by atoms with E-state index in [1.54, 1.807) is 6.26 Å². The third kappa shape index (κ3) is 1.53. The van der Waals surface area contributed by atoms with E-state index >= 15 is 0 Å². The Hall–Kier alpha value is -0.940. The van der Waals surface area contributed by atoms with Crippen LogP contribution in [0, 0.1) is 11.4 Å². The molecule has 1 unspecified atom stereocenters. The molecule has 1 atom stereocenters. The average molecular weight is 226 g/mol. The van der Waals surface area contributed by atoms with Crippen molar-refractivity contribution in [3.63, 3.8) is 0 Å². The van der Waals surface area contributed by atoms with E-state index in [1.807, 2.05) is 25.1 Å². The van der Waals surface area contributed by atoms with E-state index in [0.717, 1.165) is 15.4 Å². The minimum Gasteiger partial charge on any atom is -0.287 e. The first-order valence-corrected chi connectivity index (χ1v) is 6.50. The maximum atomic E-state index is 12.1. The summed E-state index contributed by atoms with van der Waals surface area (Å²) in [6, 6.07) is 5.66. The molecule has 0 saturated carbocycles. The maximum Gasteiger partial charge on any atom is 0.204 e. The Kier molecular flexibility index (Phi) is 2.08. The molecule has 0 aromatic heterocycles. The Morgan fingerprint density at radius 3 is 2.93 bits per heavy atom. The summed E-state index contributed by atoms with van der Waals surface area (Å²) in [5.41, 5.74) is 1.09. The standard InChI is InChI=1S/C9H10N2OS2/c1-6-3-4-8-7(5-6)10-9(13)11-14(8,2)12/h3-5H,1-2H3,(H,10,11,12,13). The van der Waals surface area contributed by atoms with E-state index in [1.165, 1.54) is 0 Å². The second kappa shape index (κ2) is 3.03. The first kappa shape index (κ1) is 9.61. The van der Waals surface area contributed by atoms with E-state index in [-0.39, 0.29) is 0 Å². The van der Waals surface area contributed by atoms with E-state index < -0.39 is 9.71 Å². The summed E-state index contributed by atoms with van der Waals surface area (Å²) in [4.78, 5) is 4.14. The number of hydrogen-bond acceptors (Lipinski definition) is 2. The van der Waals surface area contributed by atoms with Crippen LogP contribution in [0.4, 0.5) is 0 Å². The Labute approximate surface area is 88.0 Å². The fourth-order valence-electron chi connectivity index (χ4n) is 1.40. The third-order valence-electron chi connectivity index (χ3n) is 2.04. The monoisotopic (exact) mass is 226 g/mol. The number of benzene rings is 1. The normalized spacial score (nSPS) is 24.9. The lowest BCUT2D eigenvalue weighted by atomic mass is 10.2.